The average Bonchev–Trinajstić information content (AvgIpc) is 2.80. The number of hydrogen-bond acceptors (Lipinski definition) is 2. The standard InChI is InChI=1S/C27H31FN2O2/c1-19(2)17-29-27(32)20(3)30(18-23-10-5-7-14-25(23)28)26(31)16-15-22-12-8-11-21-9-4-6-13-24(21)22/h4-14,19-20H,15-18H2,1-3H3,(H,29,32)/t20-/m1/s1. The summed E-state index contributed by atoms with van der Waals surface area (Å²) < 4.78 is 14.3. The maximum atomic E-state index is 14.3. The Labute approximate surface area is 189 Å². The maximum absolute atomic E-state index is 14.3. The lowest BCUT2D eigenvalue weighted by Gasteiger charge is -2.29. The molecule has 1 N–H and O–H groups in total. The van der Waals surface area contributed by atoms with Gasteiger partial charge in [-0.05, 0) is 41.7 Å². The van der Waals surface area contributed by atoms with Crippen molar-refractivity contribution in [1.29, 1.82) is 0 Å². The summed E-state index contributed by atoms with van der Waals surface area (Å²) in [7, 11) is 0. The van der Waals surface area contributed by atoms with Crippen molar-refractivity contribution in [2.75, 3.05) is 6.54 Å². The molecule has 2 amide bonds. The molecular weight excluding hydrogens is 403 g/mol. The smallest absolute Gasteiger partial charge is 0.242 e. The summed E-state index contributed by atoms with van der Waals surface area (Å²) in [4.78, 5) is 27.5. The second-order valence-corrected chi connectivity index (χ2v) is 8.57. The highest BCUT2D eigenvalue weighted by Crippen LogP contribution is 2.21. The first kappa shape index (κ1) is 23.5. The number of carbonyl (C=O) groups is 2. The number of nitrogens with one attached hydrogen (secondary N) is 1. The summed E-state index contributed by atoms with van der Waals surface area (Å²) in [5.74, 6) is -0.482. The molecule has 0 aromatic heterocycles. The molecule has 168 valence electrons. The molecule has 0 bridgehead atoms. The molecule has 0 aliphatic carbocycles. The van der Waals surface area contributed by atoms with Crippen LogP contribution in [0.2, 0.25) is 0 Å². The molecule has 0 heterocycles. The topological polar surface area (TPSA) is 49.4 Å². The predicted octanol–water partition coefficient (Wildman–Crippen LogP) is 5.10. The fraction of sp³-hybridized carbons (Fsp3) is 0.333. The largest absolute Gasteiger partial charge is 0.354 e. The minimum Gasteiger partial charge on any atom is -0.354 e. The van der Waals surface area contributed by atoms with Gasteiger partial charge in [0.1, 0.15) is 11.9 Å². The van der Waals surface area contributed by atoms with Crippen molar-refractivity contribution in [2.45, 2.75) is 46.2 Å². The van der Waals surface area contributed by atoms with E-state index in [1.807, 2.05) is 56.3 Å². The molecular formula is C27H31FN2O2. The number of aryl methyl sites for hydroxylation is 1. The van der Waals surface area contributed by atoms with E-state index in [1.54, 1.807) is 25.1 Å². The molecule has 0 fully saturated rings. The van der Waals surface area contributed by atoms with Gasteiger partial charge in [-0.3, -0.25) is 9.59 Å². The maximum Gasteiger partial charge on any atom is 0.242 e. The molecule has 0 saturated heterocycles. The van der Waals surface area contributed by atoms with Crippen molar-refractivity contribution in [3.8, 4) is 0 Å². The average molecular weight is 435 g/mol. The van der Waals surface area contributed by atoms with E-state index in [0.717, 1.165) is 16.3 Å². The van der Waals surface area contributed by atoms with Gasteiger partial charge < -0.3 is 10.2 Å². The number of nitrogens with zero attached hydrogens (tertiary/aromatic N) is 1. The van der Waals surface area contributed by atoms with Crippen LogP contribution in [0.15, 0.2) is 66.7 Å². The zero-order chi connectivity index (χ0) is 23.1. The third-order valence-corrected chi connectivity index (χ3v) is 5.64. The first-order valence-electron chi connectivity index (χ1n) is 11.1. The quantitative estimate of drug-likeness (QED) is 0.509. The lowest BCUT2D eigenvalue weighted by Crippen LogP contribution is -2.48. The Morgan fingerprint density at radius 1 is 0.906 bits per heavy atom. The predicted molar refractivity (Wildman–Crippen MR) is 127 cm³/mol. The van der Waals surface area contributed by atoms with Crippen molar-refractivity contribution >= 4 is 22.6 Å². The Morgan fingerprint density at radius 3 is 2.31 bits per heavy atom. The lowest BCUT2D eigenvalue weighted by atomic mass is 10.0. The Hall–Kier alpha value is -3.21. The van der Waals surface area contributed by atoms with Gasteiger partial charge in [0.25, 0.3) is 0 Å². The number of fused-ring (bicyclic) bond motifs is 1. The van der Waals surface area contributed by atoms with Crippen molar-refractivity contribution in [2.24, 2.45) is 5.92 Å². The molecule has 0 unspecified atom stereocenters. The SMILES string of the molecule is CC(C)CNC(=O)[C@@H](C)N(Cc1ccccc1F)C(=O)CCc1cccc2ccccc12. The Balaban J connectivity index is 1.78. The third-order valence-electron chi connectivity index (χ3n) is 5.64. The highest BCUT2D eigenvalue weighted by molar-refractivity contribution is 5.88. The van der Waals surface area contributed by atoms with E-state index in [2.05, 4.69) is 5.32 Å². The van der Waals surface area contributed by atoms with Crippen molar-refractivity contribution in [3.63, 3.8) is 0 Å². The molecule has 3 aromatic rings. The second kappa shape index (κ2) is 10.9. The fourth-order valence-electron chi connectivity index (χ4n) is 3.74. The van der Waals surface area contributed by atoms with Crippen LogP contribution in [-0.2, 0) is 22.6 Å². The zero-order valence-electron chi connectivity index (χ0n) is 19.0. The normalized spacial score (nSPS) is 12.0. The summed E-state index contributed by atoms with van der Waals surface area (Å²) in [6.07, 6.45) is 0.790. The van der Waals surface area contributed by atoms with Gasteiger partial charge in [0.05, 0.1) is 0 Å². The van der Waals surface area contributed by atoms with Gasteiger partial charge in [-0.15, -0.1) is 0 Å². The van der Waals surface area contributed by atoms with Crippen molar-refractivity contribution in [1.82, 2.24) is 10.2 Å². The van der Waals surface area contributed by atoms with E-state index in [-0.39, 0.29) is 30.6 Å². The van der Waals surface area contributed by atoms with Gasteiger partial charge in [-0.1, -0.05) is 74.5 Å². The minimum absolute atomic E-state index is 0.0529. The van der Waals surface area contributed by atoms with Crippen LogP contribution in [0, 0.1) is 11.7 Å². The Morgan fingerprint density at radius 2 is 1.56 bits per heavy atom. The number of benzene rings is 3. The second-order valence-electron chi connectivity index (χ2n) is 8.57. The highest BCUT2D eigenvalue weighted by atomic mass is 19.1. The first-order chi connectivity index (χ1) is 15.4. The molecule has 4 nitrogen and oxygen atoms in total. The number of rotatable bonds is 9. The molecule has 3 rings (SSSR count). The van der Waals surface area contributed by atoms with E-state index >= 15 is 0 Å². The fourth-order valence-corrected chi connectivity index (χ4v) is 3.74. The van der Waals surface area contributed by atoms with Gasteiger partial charge in [0, 0.05) is 25.1 Å². The third kappa shape index (κ3) is 5.94. The van der Waals surface area contributed by atoms with E-state index < -0.39 is 6.04 Å². The summed E-state index contributed by atoms with van der Waals surface area (Å²) in [5, 5.41) is 5.13. The molecule has 0 aliphatic rings. The number of hydrogen-bond donors (Lipinski definition) is 1. The van der Waals surface area contributed by atoms with Gasteiger partial charge in [0.2, 0.25) is 11.8 Å². The summed E-state index contributed by atoms with van der Waals surface area (Å²) in [5.41, 5.74) is 1.48. The molecule has 32 heavy (non-hydrogen) atoms. The monoisotopic (exact) mass is 434 g/mol. The van der Waals surface area contributed by atoms with E-state index in [4.69, 9.17) is 0 Å². The van der Waals surface area contributed by atoms with Crippen LogP contribution >= 0.6 is 0 Å². The number of carbonyl (C=O) groups excluding carboxylic acids is 2. The molecule has 3 aromatic carbocycles. The van der Waals surface area contributed by atoms with Crippen LogP contribution in [0.4, 0.5) is 4.39 Å². The van der Waals surface area contributed by atoms with Crippen LogP contribution in [0.1, 0.15) is 38.3 Å². The number of amides is 2. The van der Waals surface area contributed by atoms with Crippen LogP contribution in [0.5, 0.6) is 0 Å². The Kier molecular flexibility index (Phi) is 7.98. The lowest BCUT2D eigenvalue weighted by molar-refractivity contribution is -0.140. The van der Waals surface area contributed by atoms with Crippen molar-refractivity contribution in [3.05, 3.63) is 83.7 Å². The summed E-state index contributed by atoms with van der Waals surface area (Å²) in [6.45, 7) is 6.30. The summed E-state index contributed by atoms with van der Waals surface area (Å²) >= 11 is 0. The molecule has 0 spiro atoms. The van der Waals surface area contributed by atoms with E-state index in [1.165, 1.54) is 11.0 Å². The van der Waals surface area contributed by atoms with Crippen LogP contribution in [0.3, 0.4) is 0 Å². The molecule has 0 saturated carbocycles. The van der Waals surface area contributed by atoms with Gasteiger partial charge in [-0.2, -0.15) is 0 Å². The molecule has 0 radical (unpaired) electrons. The molecule has 0 aliphatic heterocycles. The van der Waals surface area contributed by atoms with Crippen LogP contribution in [-0.4, -0.2) is 29.3 Å². The zero-order valence-corrected chi connectivity index (χ0v) is 19.0. The van der Waals surface area contributed by atoms with Crippen LogP contribution in [0.25, 0.3) is 10.8 Å². The van der Waals surface area contributed by atoms with Crippen molar-refractivity contribution < 1.29 is 14.0 Å². The summed E-state index contributed by atoms with van der Waals surface area (Å²) in [6, 6.07) is 19.8. The van der Waals surface area contributed by atoms with Gasteiger partial charge in [-0.25, -0.2) is 4.39 Å². The molecule has 5 heteroatoms. The Bertz CT molecular complexity index is 1070. The van der Waals surface area contributed by atoms with E-state index in [0.29, 0.717) is 24.4 Å². The number of halogens is 1. The van der Waals surface area contributed by atoms with Gasteiger partial charge in [0.15, 0.2) is 0 Å². The molecule has 1 atom stereocenters. The van der Waals surface area contributed by atoms with Gasteiger partial charge >= 0.3 is 0 Å². The van der Waals surface area contributed by atoms with Crippen LogP contribution < -0.4 is 5.32 Å². The van der Waals surface area contributed by atoms with E-state index in [9.17, 15) is 14.0 Å². The first-order valence-corrected chi connectivity index (χ1v) is 11.1. The highest BCUT2D eigenvalue weighted by Gasteiger charge is 2.26. The minimum atomic E-state index is -0.701.